The van der Waals surface area contributed by atoms with Gasteiger partial charge in [0, 0.05) is 13.6 Å². The van der Waals surface area contributed by atoms with Crippen molar-refractivity contribution in [3.63, 3.8) is 0 Å². The Labute approximate surface area is 135 Å². The lowest BCUT2D eigenvalue weighted by atomic mass is 10.2. The van der Waals surface area contributed by atoms with Crippen molar-refractivity contribution in [2.45, 2.75) is 27.0 Å². The van der Waals surface area contributed by atoms with Crippen LogP contribution in [0.5, 0.6) is 5.75 Å². The van der Waals surface area contributed by atoms with Crippen molar-refractivity contribution < 1.29 is 4.74 Å². The summed E-state index contributed by atoms with van der Waals surface area (Å²) in [5.41, 5.74) is 2.76. The number of nitrogens with zero attached hydrogens (tertiary/aromatic N) is 2. The zero-order valence-electron chi connectivity index (χ0n) is 12.4. The van der Waals surface area contributed by atoms with Crippen LogP contribution in [0, 0.1) is 6.92 Å². The Morgan fingerprint density at radius 1 is 1.33 bits per heavy atom. The van der Waals surface area contributed by atoms with Gasteiger partial charge in [-0.2, -0.15) is 5.10 Å². The molecule has 0 bridgehead atoms. The van der Waals surface area contributed by atoms with Gasteiger partial charge in [0.2, 0.25) is 0 Å². The molecule has 1 heterocycles. The second-order valence-corrected chi connectivity index (χ2v) is 5.59. The maximum absolute atomic E-state index is 6.25. The molecule has 4 nitrogen and oxygen atoms in total. The summed E-state index contributed by atoms with van der Waals surface area (Å²) in [7, 11) is 1.85. The Morgan fingerprint density at radius 3 is 2.67 bits per heavy atom. The largest absolute Gasteiger partial charge is 0.486 e. The predicted molar refractivity (Wildman–Crippen MR) is 86.1 cm³/mol. The van der Waals surface area contributed by atoms with E-state index in [1.165, 1.54) is 0 Å². The summed E-state index contributed by atoms with van der Waals surface area (Å²) >= 11 is 12.4. The molecule has 0 aliphatic heterocycles. The van der Waals surface area contributed by atoms with E-state index >= 15 is 0 Å². The molecule has 0 fully saturated rings. The number of halogens is 2. The summed E-state index contributed by atoms with van der Waals surface area (Å²) in [6, 6.07) is 5.79. The van der Waals surface area contributed by atoms with Gasteiger partial charge in [-0.3, -0.25) is 4.68 Å². The van der Waals surface area contributed by atoms with Crippen LogP contribution in [-0.2, 0) is 20.2 Å². The molecule has 1 aromatic carbocycles. The molecule has 21 heavy (non-hydrogen) atoms. The zero-order valence-corrected chi connectivity index (χ0v) is 13.9. The molecule has 0 saturated heterocycles. The topological polar surface area (TPSA) is 39.1 Å². The number of aryl methyl sites for hydroxylation is 2. The van der Waals surface area contributed by atoms with Crippen molar-refractivity contribution >= 4 is 23.2 Å². The van der Waals surface area contributed by atoms with Gasteiger partial charge < -0.3 is 10.1 Å². The van der Waals surface area contributed by atoms with Gasteiger partial charge in [-0.1, -0.05) is 36.2 Å². The number of benzene rings is 1. The van der Waals surface area contributed by atoms with Crippen LogP contribution in [0.25, 0.3) is 0 Å². The Kier molecular flexibility index (Phi) is 5.51. The van der Waals surface area contributed by atoms with Crippen LogP contribution in [0.2, 0.25) is 10.0 Å². The first-order valence-corrected chi connectivity index (χ1v) is 7.58. The highest BCUT2D eigenvalue weighted by atomic mass is 35.5. The van der Waals surface area contributed by atoms with Crippen molar-refractivity contribution in [3.05, 3.63) is 45.2 Å². The van der Waals surface area contributed by atoms with Gasteiger partial charge in [0.1, 0.15) is 12.4 Å². The smallest absolute Gasteiger partial charge is 0.138 e. The molecular formula is C15H19Cl2N3O. The van der Waals surface area contributed by atoms with E-state index in [4.69, 9.17) is 27.9 Å². The van der Waals surface area contributed by atoms with Gasteiger partial charge in [0.05, 0.1) is 21.4 Å². The van der Waals surface area contributed by atoms with E-state index in [0.717, 1.165) is 30.0 Å². The molecule has 1 N–H and O–H groups in total. The molecule has 0 unspecified atom stereocenters. The lowest BCUT2D eigenvalue weighted by Gasteiger charge is -2.10. The predicted octanol–water partition coefficient (Wildman–Crippen LogP) is 3.72. The Balaban J connectivity index is 2.06. The van der Waals surface area contributed by atoms with E-state index in [0.29, 0.717) is 22.4 Å². The summed E-state index contributed by atoms with van der Waals surface area (Å²) in [5.74, 6) is 0.645. The second-order valence-electron chi connectivity index (χ2n) is 4.80. The Morgan fingerprint density at radius 2 is 2.10 bits per heavy atom. The van der Waals surface area contributed by atoms with E-state index in [9.17, 15) is 0 Å². The molecule has 1 aromatic heterocycles. The zero-order chi connectivity index (χ0) is 15.4. The number of ether oxygens (including phenoxy) is 1. The van der Waals surface area contributed by atoms with Gasteiger partial charge in [0.15, 0.2) is 0 Å². The molecule has 0 spiro atoms. The fraction of sp³-hybridized carbons (Fsp3) is 0.400. The summed E-state index contributed by atoms with van der Waals surface area (Å²) in [6.45, 7) is 5.99. The second kappa shape index (κ2) is 7.16. The maximum atomic E-state index is 6.25. The molecule has 0 aliphatic carbocycles. The van der Waals surface area contributed by atoms with Crippen LogP contribution in [0.3, 0.4) is 0 Å². The van der Waals surface area contributed by atoms with Crippen molar-refractivity contribution in [3.8, 4) is 5.75 Å². The summed E-state index contributed by atoms with van der Waals surface area (Å²) in [5, 5.41) is 8.75. The molecule has 0 radical (unpaired) electrons. The third-order valence-corrected chi connectivity index (χ3v) is 3.99. The third kappa shape index (κ3) is 3.90. The monoisotopic (exact) mass is 327 g/mol. The average molecular weight is 328 g/mol. The number of hydrogen-bond acceptors (Lipinski definition) is 3. The molecule has 0 saturated carbocycles. The SMILES string of the molecule is CCNCc1ccc(OCc2c(Cl)c(C)nn2C)c(Cl)c1. The van der Waals surface area contributed by atoms with Gasteiger partial charge >= 0.3 is 0 Å². The molecule has 0 amide bonds. The van der Waals surface area contributed by atoms with E-state index in [1.807, 2.05) is 32.2 Å². The third-order valence-electron chi connectivity index (χ3n) is 3.20. The van der Waals surface area contributed by atoms with E-state index in [-0.39, 0.29) is 0 Å². The first kappa shape index (κ1) is 16.1. The fourth-order valence-corrected chi connectivity index (χ4v) is 2.50. The van der Waals surface area contributed by atoms with Crippen molar-refractivity contribution in [1.29, 1.82) is 0 Å². The summed E-state index contributed by atoms with van der Waals surface area (Å²) in [6.07, 6.45) is 0. The van der Waals surface area contributed by atoms with Crippen LogP contribution in [0.15, 0.2) is 18.2 Å². The van der Waals surface area contributed by atoms with Gasteiger partial charge in [-0.15, -0.1) is 0 Å². The minimum atomic E-state index is 0.336. The van der Waals surface area contributed by atoms with Gasteiger partial charge in [-0.05, 0) is 31.2 Å². The minimum absolute atomic E-state index is 0.336. The van der Waals surface area contributed by atoms with Crippen LogP contribution in [-0.4, -0.2) is 16.3 Å². The molecule has 2 rings (SSSR count). The van der Waals surface area contributed by atoms with Crippen LogP contribution in [0.4, 0.5) is 0 Å². The summed E-state index contributed by atoms with van der Waals surface area (Å²) in [4.78, 5) is 0. The average Bonchev–Trinajstić information content (AvgIpc) is 2.69. The van der Waals surface area contributed by atoms with E-state index in [2.05, 4.69) is 17.3 Å². The first-order chi connectivity index (χ1) is 10.0. The van der Waals surface area contributed by atoms with Crippen molar-refractivity contribution in [2.75, 3.05) is 6.54 Å². The first-order valence-electron chi connectivity index (χ1n) is 6.82. The number of rotatable bonds is 6. The van der Waals surface area contributed by atoms with Gasteiger partial charge in [-0.25, -0.2) is 0 Å². The molecular weight excluding hydrogens is 309 g/mol. The number of aromatic nitrogens is 2. The molecule has 0 aliphatic rings. The molecule has 114 valence electrons. The highest BCUT2D eigenvalue weighted by molar-refractivity contribution is 6.32. The number of nitrogens with one attached hydrogen (secondary N) is 1. The van der Waals surface area contributed by atoms with Crippen LogP contribution in [0.1, 0.15) is 23.9 Å². The van der Waals surface area contributed by atoms with Gasteiger partial charge in [0.25, 0.3) is 0 Å². The van der Waals surface area contributed by atoms with Crippen LogP contribution >= 0.6 is 23.2 Å². The van der Waals surface area contributed by atoms with Crippen molar-refractivity contribution in [2.24, 2.45) is 7.05 Å². The highest BCUT2D eigenvalue weighted by Gasteiger charge is 2.12. The highest BCUT2D eigenvalue weighted by Crippen LogP contribution is 2.27. The minimum Gasteiger partial charge on any atom is -0.486 e. The quantitative estimate of drug-likeness (QED) is 0.878. The fourth-order valence-electron chi connectivity index (χ4n) is 2.02. The maximum Gasteiger partial charge on any atom is 0.138 e. The van der Waals surface area contributed by atoms with Crippen LogP contribution < -0.4 is 10.1 Å². The lowest BCUT2D eigenvalue weighted by molar-refractivity contribution is 0.295. The lowest BCUT2D eigenvalue weighted by Crippen LogP contribution is -2.11. The normalized spacial score (nSPS) is 10.9. The van der Waals surface area contributed by atoms with Crippen molar-refractivity contribution in [1.82, 2.24) is 15.1 Å². The molecule has 0 atom stereocenters. The molecule has 6 heteroatoms. The standard InChI is InChI=1S/C15H19Cl2N3O/c1-4-18-8-11-5-6-14(12(16)7-11)21-9-13-15(17)10(2)19-20(13)3/h5-7,18H,4,8-9H2,1-3H3. The number of hydrogen-bond donors (Lipinski definition) is 1. The Hall–Kier alpha value is -1.23. The summed E-state index contributed by atoms with van der Waals surface area (Å²) < 4.78 is 7.49. The Bertz CT molecular complexity index is 626. The van der Waals surface area contributed by atoms with E-state index < -0.39 is 0 Å². The van der Waals surface area contributed by atoms with E-state index in [1.54, 1.807) is 4.68 Å². The molecule has 2 aromatic rings.